The fourth-order valence-electron chi connectivity index (χ4n) is 10.3. The number of aryl methyl sites for hydroxylation is 1. The predicted octanol–water partition coefficient (Wildman–Crippen LogP) is 9.96. The van der Waals surface area contributed by atoms with Gasteiger partial charge in [0.15, 0.2) is 5.17 Å². The van der Waals surface area contributed by atoms with E-state index in [0.29, 0.717) is 11.1 Å². The van der Waals surface area contributed by atoms with Gasteiger partial charge in [-0.3, -0.25) is 19.3 Å². The van der Waals surface area contributed by atoms with Crippen molar-refractivity contribution in [3.05, 3.63) is 167 Å². The van der Waals surface area contributed by atoms with Gasteiger partial charge in [0.1, 0.15) is 5.57 Å². The Hall–Kier alpha value is -5.47. The number of aromatic nitrogens is 1. The molecule has 0 spiro atoms. The van der Waals surface area contributed by atoms with Crippen molar-refractivity contribution in [3.63, 3.8) is 0 Å². The summed E-state index contributed by atoms with van der Waals surface area (Å²) in [5.74, 6) is 1.20. The van der Waals surface area contributed by atoms with Crippen LogP contribution in [0, 0.1) is 31.6 Å². The van der Waals surface area contributed by atoms with Crippen LogP contribution in [0.1, 0.15) is 85.1 Å². The highest BCUT2D eigenvalue weighted by Crippen LogP contribution is 2.60. The van der Waals surface area contributed by atoms with Gasteiger partial charge in [-0.15, -0.1) is 0 Å². The van der Waals surface area contributed by atoms with Gasteiger partial charge in [0.05, 0.1) is 11.8 Å². The molecule has 8 heteroatoms. The second-order valence-corrected chi connectivity index (χ2v) is 17.2. The van der Waals surface area contributed by atoms with Gasteiger partial charge in [-0.2, -0.15) is 4.99 Å². The van der Waals surface area contributed by atoms with Crippen LogP contribution in [-0.2, 0) is 19.8 Å². The van der Waals surface area contributed by atoms with Gasteiger partial charge in [-0.25, -0.2) is 0 Å². The molecule has 4 aromatic rings. The number of thioether (sulfide) groups is 1. The number of nitrogens with zero attached hydrogens (tertiary/aromatic N) is 3. The summed E-state index contributed by atoms with van der Waals surface area (Å²) in [7, 11) is 0. The van der Waals surface area contributed by atoms with E-state index in [1.165, 1.54) is 49.0 Å². The van der Waals surface area contributed by atoms with Crippen molar-refractivity contribution in [2.75, 3.05) is 5.75 Å². The summed E-state index contributed by atoms with van der Waals surface area (Å²) in [6.45, 7) is 9.68. The van der Waals surface area contributed by atoms with E-state index in [1.54, 1.807) is 30.4 Å². The zero-order valence-electron chi connectivity index (χ0n) is 33.0. The van der Waals surface area contributed by atoms with E-state index in [4.69, 9.17) is 0 Å². The SMILES string of the molecule is C=C/C=C\C(=C/C)N1C(=O)/C(=C/c2cc(C)n(-c3ccc(C45CC6CC(CC(C6)C4)C5)cc3)c2C)C(=O)N=C1SCC(=O)NC(c1ccccc1)c1ccccc1. The van der Waals surface area contributed by atoms with E-state index >= 15 is 0 Å². The van der Waals surface area contributed by atoms with Crippen LogP contribution in [0.25, 0.3) is 11.8 Å². The smallest absolute Gasteiger partial charge is 0.285 e. The Labute approximate surface area is 340 Å². The van der Waals surface area contributed by atoms with Crippen molar-refractivity contribution in [2.24, 2.45) is 22.7 Å². The Kier molecular flexibility index (Phi) is 10.9. The molecule has 1 aliphatic heterocycles. The highest BCUT2D eigenvalue weighted by molar-refractivity contribution is 8.14. The van der Waals surface area contributed by atoms with Crippen molar-refractivity contribution in [2.45, 2.75) is 70.8 Å². The van der Waals surface area contributed by atoms with E-state index in [1.807, 2.05) is 80.6 Å². The highest BCUT2D eigenvalue weighted by Gasteiger charge is 2.51. The molecule has 7 nitrogen and oxygen atoms in total. The number of amides is 3. The topological polar surface area (TPSA) is 83.8 Å². The van der Waals surface area contributed by atoms with Crippen molar-refractivity contribution < 1.29 is 14.4 Å². The Morgan fingerprint density at radius 3 is 2.07 bits per heavy atom. The molecule has 4 fully saturated rings. The number of hydrogen-bond acceptors (Lipinski definition) is 4. The summed E-state index contributed by atoms with van der Waals surface area (Å²) in [6.07, 6.45) is 16.8. The van der Waals surface area contributed by atoms with E-state index < -0.39 is 11.8 Å². The molecule has 4 bridgehead atoms. The summed E-state index contributed by atoms with van der Waals surface area (Å²) < 4.78 is 2.19. The second kappa shape index (κ2) is 16.2. The first-order valence-electron chi connectivity index (χ1n) is 20.1. The summed E-state index contributed by atoms with van der Waals surface area (Å²) in [6, 6.07) is 30.4. The van der Waals surface area contributed by atoms with E-state index in [-0.39, 0.29) is 28.4 Å². The molecule has 1 N–H and O–H groups in total. The quantitative estimate of drug-likeness (QED) is 0.0935. The van der Waals surface area contributed by atoms with Crippen LogP contribution in [0.15, 0.2) is 138 Å². The number of hydrogen-bond donors (Lipinski definition) is 1. The number of allylic oxidation sites excluding steroid dienone is 4. The minimum Gasteiger partial charge on any atom is -0.344 e. The fraction of sp³-hybridized carbons (Fsp3) is 0.306. The second-order valence-electron chi connectivity index (χ2n) is 16.2. The number of aliphatic imine (C=N–C) groups is 1. The third-order valence-electron chi connectivity index (χ3n) is 12.5. The molecule has 2 heterocycles. The largest absolute Gasteiger partial charge is 0.344 e. The maximum Gasteiger partial charge on any atom is 0.285 e. The first-order chi connectivity index (χ1) is 27.7. The van der Waals surface area contributed by atoms with Crippen LogP contribution in [0.4, 0.5) is 0 Å². The molecule has 4 saturated carbocycles. The average Bonchev–Trinajstić information content (AvgIpc) is 3.50. The number of nitrogens with one attached hydrogen (secondary N) is 1. The van der Waals surface area contributed by atoms with Gasteiger partial charge < -0.3 is 9.88 Å². The van der Waals surface area contributed by atoms with Crippen LogP contribution >= 0.6 is 11.8 Å². The zero-order valence-corrected chi connectivity index (χ0v) is 33.8. The third-order valence-corrected chi connectivity index (χ3v) is 13.4. The predicted molar refractivity (Wildman–Crippen MR) is 231 cm³/mol. The normalized spacial score (nSPS) is 23.8. The van der Waals surface area contributed by atoms with Crippen LogP contribution < -0.4 is 5.32 Å². The summed E-state index contributed by atoms with van der Waals surface area (Å²) in [5, 5.41) is 3.28. The Morgan fingerprint density at radius 1 is 0.912 bits per heavy atom. The molecule has 57 heavy (non-hydrogen) atoms. The highest BCUT2D eigenvalue weighted by atomic mass is 32.2. The molecule has 0 saturated heterocycles. The summed E-state index contributed by atoms with van der Waals surface area (Å²) in [5.41, 5.74) is 7.95. The van der Waals surface area contributed by atoms with Gasteiger partial charge in [0.25, 0.3) is 11.8 Å². The third kappa shape index (κ3) is 7.67. The molecule has 4 aliphatic carbocycles. The lowest BCUT2D eigenvalue weighted by Crippen LogP contribution is -2.48. The number of rotatable bonds is 11. The monoisotopic (exact) mass is 774 g/mol. The van der Waals surface area contributed by atoms with Gasteiger partial charge >= 0.3 is 0 Å². The molecule has 0 atom stereocenters. The van der Waals surface area contributed by atoms with E-state index in [2.05, 4.69) is 52.6 Å². The minimum atomic E-state index is -0.640. The number of amidine groups is 1. The summed E-state index contributed by atoms with van der Waals surface area (Å²) >= 11 is 1.05. The zero-order chi connectivity index (χ0) is 39.7. The lowest BCUT2D eigenvalue weighted by molar-refractivity contribution is -0.126. The fourth-order valence-corrected chi connectivity index (χ4v) is 11.1. The molecule has 0 unspecified atom stereocenters. The average molecular weight is 775 g/mol. The lowest BCUT2D eigenvalue weighted by Gasteiger charge is -2.57. The molecule has 3 amide bonds. The Morgan fingerprint density at radius 2 is 1.51 bits per heavy atom. The van der Waals surface area contributed by atoms with Crippen LogP contribution in [0.2, 0.25) is 0 Å². The lowest BCUT2D eigenvalue weighted by atomic mass is 9.48. The van der Waals surface area contributed by atoms with Gasteiger partial charge in [0.2, 0.25) is 5.91 Å². The number of benzene rings is 3. The van der Waals surface area contributed by atoms with Gasteiger partial charge in [0, 0.05) is 22.8 Å². The van der Waals surface area contributed by atoms with Gasteiger partial charge in [-0.1, -0.05) is 109 Å². The molecule has 9 rings (SSSR count). The van der Waals surface area contributed by atoms with Crippen LogP contribution in [0.5, 0.6) is 0 Å². The number of carbonyl (C=O) groups is 3. The molecule has 290 valence electrons. The van der Waals surface area contributed by atoms with Gasteiger partial charge in [-0.05, 0) is 135 Å². The van der Waals surface area contributed by atoms with Crippen molar-refractivity contribution in [1.29, 1.82) is 0 Å². The Bertz CT molecular complexity index is 2240. The molecule has 5 aliphatic rings. The van der Waals surface area contributed by atoms with Crippen LogP contribution in [0.3, 0.4) is 0 Å². The minimum absolute atomic E-state index is 0.0409. The Balaban J connectivity index is 1.04. The molecule has 3 aromatic carbocycles. The maximum atomic E-state index is 14.4. The first-order valence-corrected chi connectivity index (χ1v) is 21.1. The standard InChI is InChI=1S/C49H50N4O3S/c1-5-7-18-41(6-2)53-47(56)43(46(55)51-48(53)57-31-44(54)50-45(37-14-10-8-11-15-37)38-16-12-9-13-17-38)27-39-23-32(3)52(33(39)4)42-21-19-40(20-22-42)49-28-34-24-35(29-49)26-36(25-34)30-49/h5-23,27,34-36,45H,1,24-26,28-31H2,2-4H3,(H,50,54)/b18-7-,41-6+,43-27+. The molecule has 0 radical (unpaired) electrons. The molecular weight excluding hydrogens is 725 g/mol. The van der Waals surface area contributed by atoms with Crippen molar-refractivity contribution in [3.8, 4) is 5.69 Å². The maximum absolute atomic E-state index is 14.4. The molecular formula is C49H50N4O3S. The van der Waals surface area contributed by atoms with Crippen molar-refractivity contribution >= 4 is 40.7 Å². The molecule has 1 aromatic heterocycles. The summed E-state index contributed by atoms with van der Waals surface area (Å²) in [4.78, 5) is 47.6. The van der Waals surface area contributed by atoms with Crippen molar-refractivity contribution in [1.82, 2.24) is 14.8 Å². The van der Waals surface area contributed by atoms with E-state index in [9.17, 15) is 14.4 Å². The van der Waals surface area contributed by atoms with E-state index in [0.717, 1.165) is 63.3 Å². The number of carbonyl (C=O) groups excluding carboxylic acids is 3. The first kappa shape index (κ1) is 38.4. The van der Waals surface area contributed by atoms with Crippen LogP contribution in [-0.4, -0.2) is 38.1 Å².